The molecule has 8 nitrogen and oxygen atoms in total. The Labute approximate surface area is 199 Å². The topological polar surface area (TPSA) is 105 Å². The summed E-state index contributed by atoms with van der Waals surface area (Å²) in [5, 5.41) is 14.6. The summed E-state index contributed by atoms with van der Waals surface area (Å²) < 4.78 is 0. The van der Waals surface area contributed by atoms with Crippen molar-refractivity contribution >= 4 is 34.8 Å². The Bertz CT molecular complexity index is 1330. The minimum absolute atomic E-state index is 0.0315. The molecule has 2 fully saturated rings. The molecule has 34 heavy (non-hydrogen) atoms. The summed E-state index contributed by atoms with van der Waals surface area (Å²) in [6, 6.07) is 19.0. The molecule has 9 heteroatoms. The highest BCUT2D eigenvalue weighted by Gasteiger charge is 2.69. The monoisotopic (exact) mass is 472 g/mol. The predicted molar refractivity (Wildman–Crippen MR) is 128 cm³/mol. The maximum atomic E-state index is 14.2. The molecule has 0 bridgehead atoms. The number of nitro groups is 1. The molecular weight excluding hydrogens is 452 g/mol. The number of nitrogens with zero attached hydrogens (tertiary/aromatic N) is 3. The van der Waals surface area contributed by atoms with Crippen LogP contribution >= 0.6 is 11.8 Å². The van der Waals surface area contributed by atoms with Crippen molar-refractivity contribution in [1.82, 2.24) is 9.88 Å². The van der Waals surface area contributed by atoms with E-state index in [0.29, 0.717) is 17.1 Å². The molecule has 2 saturated heterocycles. The van der Waals surface area contributed by atoms with Crippen molar-refractivity contribution in [3.63, 3.8) is 0 Å². The highest BCUT2D eigenvalue weighted by atomic mass is 32.2. The number of rotatable bonds is 4. The van der Waals surface area contributed by atoms with Gasteiger partial charge in [0.15, 0.2) is 5.78 Å². The standard InChI is InChI=1S/C25H20N4O4S/c30-23(19-10-3-4-11-26-19)22-21(15-6-5-7-16(12-15)29(32)33)20-13-34-14-28(20)25(22)17-8-1-2-9-18(17)27-24(25)31/h1-12,20-22H,13-14H2,(H,27,31)/t20-,21+,22-,25-/m0/s1. The van der Waals surface area contributed by atoms with Gasteiger partial charge in [-0.2, -0.15) is 0 Å². The van der Waals surface area contributed by atoms with E-state index in [1.54, 1.807) is 48.3 Å². The third-order valence-electron chi connectivity index (χ3n) is 7.19. The number of benzene rings is 2. The molecule has 3 aliphatic rings. The Kier molecular flexibility index (Phi) is 4.79. The van der Waals surface area contributed by atoms with Gasteiger partial charge < -0.3 is 5.32 Å². The Balaban J connectivity index is 1.62. The largest absolute Gasteiger partial charge is 0.324 e. The van der Waals surface area contributed by atoms with E-state index in [4.69, 9.17) is 0 Å². The highest BCUT2D eigenvalue weighted by Crippen LogP contribution is 2.61. The fourth-order valence-corrected chi connectivity index (χ4v) is 7.24. The molecule has 3 aliphatic heterocycles. The predicted octanol–water partition coefficient (Wildman–Crippen LogP) is 3.81. The molecule has 1 spiro atoms. The number of fused-ring (bicyclic) bond motifs is 4. The molecular formula is C25H20N4O4S. The van der Waals surface area contributed by atoms with Gasteiger partial charge in [0, 0.05) is 53.2 Å². The van der Waals surface area contributed by atoms with Gasteiger partial charge in [-0.25, -0.2) is 0 Å². The van der Waals surface area contributed by atoms with Gasteiger partial charge in [0.25, 0.3) is 5.69 Å². The zero-order valence-electron chi connectivity index (χ0n) is 18.0. The number of ketones is 1. The summed E-state index contributed by atoms with van der Waals surface area (Å²) in [6.07, 6.45) is 1.57. The van der Waals surface area contributed by atoms with Crippen LogP contribution < -0.4 is 5.32 Å². The van der Waals surface area contributed by atoms with E-state index in [-0.39, 0.29) is 29.1 Å². The van der Waals surface area contributed by atoms with Gasteiger partial charge in [0.1, 0.15) is 11.2 Å². The first kappa shape index (κ1) is 21.0. The summed E-state index contributed by atoms with van der Waals surface area (Å²) in [4.78, 5) is 45.6. The summed E-state index contributed by atoms with van der Waals surface area (Å²) in [5.74, 6) is -0.368. The summed E-state index contributed by atoms with van der Waals surface area (Å²) in [7, 11) is 0. The molecule has 6 rings (SSSR count). The number of aromatic nitrogens is 1. The number of nitrogens with one attached hydrogen (secondary N) is 1. The number of thioether (sulfide) groups is 1. The molecule has 4 atom stereocenters. The first-order valence-electron chi connectivity index (χ1n) is 11.0. The zero-order valence-corrected chi connectivity index (χ0v) is 18.8. The lowest BCUT2D eigenvalue weighted by Gasteiger charge is -2.36. The lowest BCUT2D eigenvalue weighted by Crippen LogP contribution is -2.52. The lowest BCUT2D eigenvalue weighted by molar-refractivity contribution is -0.384. The zero-order chi connectivity index (χ0) is 23.4. The highest BCUT2D eigenvalue weighted by molar-refractivity contribution is 7.99. The van der Waals surface area contributed by atoms with Crippen LogP contribution in [0.1, 0.15) is 27.5 Å². The summed E-state index contributed by atoms with van der Waals surface area (Å²) in [6.45, 7) is 0. The van der Waals surface area contributed by atoms with Crippen LogP contribution in [0.5, 0.6) is 0 Å². The molecule has 2 aromatic carbocycles. The molecule has 1 aromatic heterocycles. The number of amides is 1. The van der Waals surface area contributed by atoms with Crippen LogP contribution in [0.15, 0.2) is 72.9 Å². The third-order valence-corrected chi connectivity index (χ3v) is 8.23. The summed E-state index contributed by atoms with van der Waals surface area (Å²) >= 11 is 1.71. The number of para-hydroxylation sites is 1. The number of Topliss-reactive ketones (excluding diaryl/α,β-unsaturated/α-hetero) is 1. The van der Waals surface area contributed by atoms with Crippen LogP contribution in [0.25, 0.3) is 0 Å². The van der Waals surface area contributed by atoms with Crippen molar-refractivity contribution in [1.29, 1.82) is 0 Å². The van der Waals surface area contributed by atoms with Crippen molar-refractivity contribution < 1.29 is 14.5 Å². The normalized spacial score (nSPS) is 27.4. The van der Waals surface area contributed by atoms with E-state index >= 15 is 0 Å². The number of nitro benzene ring substituents is 1. The van der Waals surface area contributed by atoms with Crippen LogP contribution in [0.4, 0.5) is 11.4 Å². The van der Waals surface area contributed by atoms with Gasteiger partial charge in [-0.15, -0.1) is 11.8 Å². The first-order chi connectivity index (χ1) is 16.5. The van der Waals surface area contributed by atoms with Gasteiger partial charge in [-0.3, -0.25) is 29.6 Å². The minimum atomic E-state index is -1.21. The quantitative estimate of drug-likeness (QED) is 0.350. The lowest BCUT2D eigenvalue weighted by atomic mass is 9.70. The SMILES string of the molecule is O=C(c1ccccn1)[C@@H]1[C@H](c2cccc([N+](=O)[O-])c2)[C@@H]2CSCN2[C@]12C(=O)Nc1ccccc12. The van der Waals surface area contributed by atoms with Crippen LogP contribution in [-0.4, -0.2) is 44.2 Å². The second kappa shape index (κ2) is 7.75. The fraction of sp³-hybridized carbons (Fsp3) is 0.240. The number of carbonyl (C=O) groups excluding carboxylic acids is 2. The van der Waals surface area contributed by atoms with Gasteiger partial charge in [0.05, 0.1) is 10.8 Å². The Hall–Kier alpha value is -3.56. The average Bonchev–Trinajstić information content (AvgIpc) is 3.52. The second-order valence-electron chi connectivity index (χ2n) is 8.74. The van der Waals surface area contributed by atoms with E-state index in [0.717, 1.165) is 11.3 Å². The van der Waals surface area contributed by atoms with Crippen LogP contribution in [-0.2, 0) is 10.3 Å². The van der Waals surface area contributed by atoms with Crippen molar-refractivity contribution in [2.24, 2.45) is 5.92 Å². The molecule has 0 unspecified atom stereocenters. The number of hydrogen-bond donors (Lipinski definition) is 1. The molecule has 0 radical (unpaired) electrons. The molecule has 3 aromatic rings. The van der Waals surface area contributed by atoms with E-state index in [1.165, 1.54) is 6.07 Å². The van der Waals surface area contributed by atoms with Gasteiger partial charge in [0.2, 0.25) is 5.91 Å². The number of carbonyl (C=O) groups is 2. The second-order valence-corrected chi connectivity index (χ2v) is 9.74. The van der Waals surface area contributed by atoms with Crippen molar-refractivity contribution in [3.05, 3.63) is 99.9 Å². The van der Waals surface area contributed by atoms with Crippen LogP contribution in [0.3, 0.4) is 0 Å². The van der Waals surface area contributed by atoms with E-state index < -0.39 is 22.3 Å². The van der Waals surface area contributed by atoms with Gasteiger partial charge in [-0.1, -0.05) is 36.4 Å². The molecule has 4 heterocycles. The third kappa shape index (κ3) is 2.80. The number of non-ortho nitro benzene ring substituents is 1. The van der Waals surface area contributed by atoms with Crippen molar-refractivity contribution in [2.45, 2.75) is 17.5 Å². The van der Waals surface area contributed by atoms with Crippen molar-refractivity contribution in [2.75, 3.05) is 16.9 Å². The summed E-state index contributed by atoms with van der Waals surface area (Å²) in [5.41, 5.74) is 1.20. The van der Waals surface area contributed by atoms with Crippen LogP contribution in [0.2, 0.25) is 0 Å². The van der Waals surface area contributed by atoms with Gasteiger partial charge >= 0.3 is 0 Å². The van der Waals surface area contributed by atoms with E-state index in [9.17, 15) is 19.7 Å². The molecule has 0 saturated carbocycles. The van der Waals surface area contributed by atoms with Gasteiger partial charge in [-0.05, 0) is 23.8 Å². The number of hydrogen-bond acceptors (Lipinski definition) is 7. The minimum Gasteiger partial charge on any atom is -0.324 e. The Morgan fingerprint density at radius 3 is 2.76 bits per heavy atom. The molecule has 1 amide bonds. The number of pyridine rings is 1. The fourth-order valence-electron chi connectivity index (χ4n) is 5.92. The maximum Gasteiger partial charge on any atom is 0.269 e. The van der Waals surface area contributed by atoms with E-state index in [1.807, 2.05) is 30.3 Å². The molecule has 170 valence electrons. The Morgan fingerprint density at radius 2 is 1.97 bits per heavy atom. The van der Waals surface area contributed by atoms with E-state index in [2.05, 4.69) is 15.2 Å². The molecule has 1 N–H and O–H groups in total. The number of anilines is 1. The Morgan fingerprint density at radius 1 is 1.15 bits per heavy atom. The smallest absolute Gasteiger partial charge is 0.269 e. The maximum absolute atomic E-state index is 14.2. The van der Waals surface area contributed by atoms with Crippen LogP contribution in [0, 0.1) is 16.0 Å². The first-order valence-corrected chi connectivity index (χ1v) is 12.1. The molecule has 0 aliphatic carbocycles. The van der Waals surface area contributed by atoms with Crippen molar-refractivity contribution in [3.8, 4) is 0 Å². The average molecular weight is 473 g/mol.